The zero-order chi connectivity index (χ0) is 22.3. The van der Waals surface area contributed by atoms with Crippen LogP contribution in [0.15, 0.2) is 84.0 Å². The van der Waals surface area contributed by atoms with Crippen LogP contribution in [0.3, 0.4) is 0 Å². The number of thiophene rings is 1. The van der Waals surface area contributed by atoms with E-state index in [0.717, 1.165) is 10.1 Å². The highest BCUT2D eigenvalue weighted by Crippen LogP contribution is 2.35. The number of rotatable bonds is 7. The number of nitrogens with zero attached hydrogens (tertiary/aromatic N) is 1. The molecular formula is C24H17ClN2O4S. The Kier molecular flexibility index (Phi) is 6.79. The van der Waals surface area contributed by atoms with Crippen LogP contribution in [0.1, 0.15) is 15.2 Å². The van der Waals surface area contributed by atoms with Gasteiger partial charge >= 0.3 is 5.97 Å². The first-order valence-electron chi connectivity index (χ1n) is 9.60. The molecule has 0 aliphatic carbocycles. The molecule has 3 aromatic carbocycles. The van der Waals surface area contributed by atoms with E-state index in [-0.39, 0.29) is 6.61 Å². The number of hydrogen-bond donors (Lipinski definition) is 1. The molecule has 0 fully saturated rings. The van der Waals surface area contributed by atoms with Gasteiger partial charge in [0.1, 0.15) is 16.4 Å². The Morgan fingerprint density at radius 3 is 2.50 bits per heavy atom. The van der Waals surface area contributed by atoms with E-state index in [4.69, 9.17) is 21.1 Å². The average Bonchev–Trinajstić information content (AvgIpc) is 3.16. The normalized spacial score (nSPS) is 10.9. The summed E-state index contributed by atoms with van der Waals surface area (Å²) < 4.78 is 11.8. The zero-order valence-corrected chi connectivity index (χ0v) is 18.2. The van der Waals surface area contributed by atoms with Gasteiger partial charge in [-0.3, -0.25) is 4.79 Å². The molecule has 0 bridgehead atoms. The predicted octanol–water partition coefficient (Wildman–Crippen LogP) is 5.30. The van der Waals surface area contributed by atoms with Crippen LogP contribution in [0.4, 0.5) is 0 Å². The summed E-state index contributed by atoms with van der Waals surface area (Å²) in [5.41, 5.74) is 2.90. The fraction of sp³-hybridized carbons (Fsp3) is 0.0417. The number of esters is 1. The van der Waals surface area contributed by atoms with Crippen LogP contribution in [0.2, 0.25) is 5.02 Å². The van der Waals surface area contributed by atoms with Crippen molar-refractivity contribution in [3.05, 3.63) is 94.3 Å². The Bertz CT molecular complexity index is 1290. The van der Waals surface area contributed by atoms with Crippen LogP contribution in [0.5, 0.6) is 11.5 Å². The number of fused-ring (bicyclic) bond motifs is 1. The van der Waals surface area contributed by atoms with Gasteiger partial charge in [0.15, 0.2) is 6.61 Å². The Balaban J connectivity index is 1.40. The van der Waals surface area contributed by atoms with Crippen molar-refractivity contribution in [2.24, 2.45) is 5.10 Å². The molecule has 4 rings (SSSR count). The second-order valence-corrected chi connectivity index (χ2v) is 7.99. The summed E-state index contributed by atoms with van der Waals surface area (Å²) in [5, 5.41) is 5.10. The van der Waals surface area contributed by atoms with E-state index >= 15 is 0 Å². The first-order valence-corrected chi connectivity index (χ1v) is 10.8. The van der Waals surface area contributed by atoms with Gasteiger partial charge in [0, 0.05) is 15.6 Å². The van der Waals surface area contributed by atoms with E-state index in [9.17, 15) is 9.59 Å². The van der Waals surface area contributed by atoms with Crippen molar-refractivity contribution in [2.45, 2.75) is 0 Å². The number of amides is 1. The highest BCUT2D eigenvalue weighted by atomic mass is 35.5. The van der Waals surface area contributed by atoms with E-state index < -0.39 is 11.9 Å². The maximum Gasteiger partial charge on any atom is 0.355 e. The topological polar surface area (TPSA) is 77.0 Å². The lowest BCUT2D eigenvalue weighted by Crippen LogP contribution is -2.24. The minimum atomic E-state index is -0.558. The van der Waals surface area contributed by atoms with Gasteiger partial charge in [-0.1, -0.05) is 60.1 Å². The van der Waals surface area contributed by atoms with E-state index in [1.165, 1.54) is 17.6 Å². The van der Waals surface area contributed by atoms with Crippen molar-refractivity contribution < 1.29 is 19.1 Å². The third kappa shape index (κ3) is 5.14. The Morgan fingerprint density at radius 1 is 0.969 bits per heavy atom. The molecule has 0 atom stereocenters. The lowest BCUT2D eigenvalue weighted by atomic mass is 10.2. The van der Waals surface area contributed by atoms with Gasteiger partial charge in [-0.05, 0) is 30.3 Å². The fourth-order valence-corrected chi connectivity index (χ4v) is 4.23. The molecule has 1 heterocycles. The standard InChI is InChI=1S/C24H17ClN2O4S/c25-22-18-11-5-7-13-20(18)32-23(22)24(29)31-19-12-6-4-8-16(19)14-26-27-21(28)15-30-17-9-2-1-3-10-17/h1-14H,15H2,(H,27,28)/b26-14+. The molecule has 8 heteroatoms. The number of hydrogen-bond acceptors (Lipinski definition) is 6. The SMILES string of the molecule is O=C(COc1ccccc1)N/N=C/c1ccccc1OC(=O)c1sc2ccccc2c1Cl. The summed E-state index contributed by atoms with van der Waals surface area (Å²) in [7, 11) is 0. The van der Waals surface area contributed by atoms with Gasteiger partial charge in [-0.2, -0.15) is 5.10 Å². The van der Waals surface area contributed by atoms with Crippen molar-refractivity contribution in [3.8, 4) is 11.5 Å². The molecule has 4 aromatic rings. The highest BCUT2D eigenvalue weighted by molar-refractivity contribution is 7.21. The van der Waals surface area contributed by atoms with E-state index in [2.05, 4.69) is 10.5 Å². The number of benzene rings is 3. The number of hydrazone groups is 1. The Labute approximate surface area is 193 Å². The number of ether oxygens (including phenoxy) is 2. The van der Waals surface area contributed by atoms with Crippen LogP contribution in [0, 0.1) is 0 Å². The van der Waals surface area contributed by atoms with E-state index in [0.29, 0.717) is 27.0 Å². The van der Waals surface area contributed by atoms with Crippen molar-refractivity contribution in [1.29, 1.82) is 0 Å². The molecule has 0 aliphatic heterocycles. The van der Waals surface area contributed by atoms with Gasteiger partial charge in [-0.25, -0.2) is 10.2 Å². The maximum absolute atomic E-state index is 12.7. The van der Waals surface area contributed by atoms with Crippen LogP contribution in [0.25, 0.3) is 10.1 Å². The van der Waals surface area contributed by atoms with E-state index in [1.807, 2.05) is 42.5 Å². The molecular weight excluding hydrogens is 448 g/mol. The molecule has 0 saturated heterocycles. The van der Waals surface area contributed by atoms with Gasteiger partial charge in [0.2, 0.25) is 0 Å². The molecule has 6 nitrogen and oxygen atoms in total. The molecule has 1 aromatic heterocycles. The van der Waals surface area contributed by atoms with Gasteiger partial charge in [0.05, 0.1) is 11.2 Å². The molecule has 1 N–H and O–H groups in total. The van der Waals surface area contributed by atoms with E-state index in [1.54, 1.807) is 36.4 Å². The number of halogens is 1. The predicted molar refractivity (Wildman–Crippen MR) is 126 cm³/mol. The quantitative estimate of drug-likeness (QED) is 0.174. The second kappa shape index (κ2) is 10.1. The smallest absolute Gasteiger partial charge is 0.355 e. The maximum atomic E-state index is 12.7. The summed E-state index contributed by atoms with van der Waals surface area (Å²) in [6, 6.07) is 23.4. The number of carbonyl (C=O) groups excluding carboxylic acids is 2. The molecule has 160 valence electrons. The van der Waals surface area contributed by atoms with Crippen molar-refractivity contribution in [1.82, 2.24) is 5.43 Å². The zero-order valence-electron chi connectivity index (χ0n) is 16.7. The Hall–Kier alpha value is -3.68. The average molecular weight is 465 g/mol. The summed E-state index contributed by atoms with van der Waals surface area (Å²) in [5.74, 6) is -0.0951. The Morgan fingerprint density at radius 2 is 1.69 bits per heavy atom. The van der Waals surface area contributed by atoms with Gasteiger partial charge < -0.3 is 9.47 Å². The molecule has 0 unspecified atom stereocenters. The molecule has 0 aliphatic rings. The van der Waals surface area contributed by atoms with Gasteiger partial charge in [0.25, 0.3) is 5.91 Å². The van der Waals surface area contributed by atoms with Gasteiger partial charge in [-0.15, -0.1) is 11.3 Å². The first kappa shape index (κ1) is 21.5. The summed E-state index contributed by atoms with van der Waals surface area (Å²) in [6.07, 6.45) is 1.40. The lowest BCUT2D eigenvalue weighted by molar-refractivity contribution is -0.123. The van der Waals surface area contributed by atoms with Crippen molar-refractivity contribution in [3.63, 3.8) is 0 Å². The molecule has 1 amide bonds. The summed E-state index contributed by atoms with van der Waals surface area (Å²) >= 11 is 7.65. The minimum Gasteiger partial charge on any atom is -0.484 e. The summed E-state index contributed by atoms with van der Waals surface area (Å²) in [4.78, 5) is 25.0. The second-order valence-electron chi connectivity index (χ2n) is 6.56. The molecule has 0 radical (unpaired) electrons. The fourth-order valence-electron chi connectivity index (χ4n) is 2.84. The minimum absolute atomic E-state index is 0.178. The first-order chi connectivity index (χ1) is 15.6. The highest BCUT2D eigenvalue weighted by Gasteiger charge is 2.19. The van der Waals surface area contributed by atoms with Crippen LogP contribution in [-0.2, 0) is 4.79 Å². The molecule has 0 spiro atoms. The van der Waals surface area contributed by atoms with Crippen LogP contribution < -0.4 is 14.9 Å². The lowest BCUT2D eigenvalue weighted by Gasteiger charge is -2.07. The number of carbonyl (C=O) groups is 2. The summed E-state index contributed by atoms with van der Waals surface area (Å²) in [6.45, 7) is -0.178. The molecule has 32 heavy (non-hydrogen) atoms. The van der Waals surface area contributed by atoms with Crippen molar-refractivity contribution in [2.75, 3.05) is 6.61 Å². The van der Waals surface area contributed by atoms with Crippen molar-refractivity contribution >= 4 is 51.1 Å². The third-order valence-electron chi connectivity index (χ3n) is 4.35. The molecule has 0 saturated carbocycles. The number of nitrogens with one attached hydrogen (secondary N) is 1. The third-order valence-corrected chi connectivity index (χ3v) is 6.00. The van der Waals surface area contributed by atoms with Crippen LogP contribution in [-0.4, -0.2) is 24.7 Å². The number of para-hydroxylation sites is 2. The largest absolute Gasteiger partial charge is 0.484 e. The van der Waals surface area contributed by atoms with Crippen LogP contribution >= 0.6 is 22.9 Å². The monoisotopic (exact) mass is 464 g/mol.